The van der Waals surface area contributed by atoms with E-state index in [-0.39, 0.29) is 70.5 Å². The van der Waals surface area contributed by atoms with Crippen molar-refractivity contribution < 1.29 is 56.6 Å². The summed E-state index contributed by atoms with van der Waals surface area (Å²) in [5.41, 5.74) is 1.81. The number of fused-ring (bicyclic) bond motifs is 1. The molecule has 1 atom stereocenters. The van der Waals surface area contributed by atoms with Crippen molar-refractivity contribution >= 4 is 24.1 Å². The maximum Gasteiger partial charge on any atom is 0.302 e. The first kappa shape index (κ1) is 25.4. The van der Waals surface area contributed by atoms with Gasteiger partial charge in [0.15, 0.2) is 0 Å². The first-order chi connectivity index (χ1) is 12.5. The van der Waals surface area contributed by atoms with E-state index in [2.05, 4.69) is 11.4 Å². The Morgan fingerprint density at radius 2 is 2.07 bits per heavy atom. The van der Waals surface area contributed by atoms with E-state index in [1.807, 2.05) is 13.8 Å². The standard InChI is InChI=1S/C17H19N2O5.C2H6.Y/c1-11(21)24-10-12-5-6-13-9-19(17(23)14(13)8-12)15(4-3-7-20)16(22)18-2;1-2;/h6-8,15H,3-4,9-10H2,1-2H3,(H,18,22);1-2H3;/q-1;;. The number of hydrogen-bond acceptors (Lipinski definition) is 5. The van der Waals surface area contributed by atoms with E-state index < -0.39 is 12.0 Å². The van der Waals surface area contributed by atoms with Gasteiger partial charge in [0.25, 0.3) is 0 Å². The van der Waals surface area contributed by atoms with Crippen LogP contribution in [0.25, 0.3) is 0 Å². The molecule has 27 heavy (non-hydrogen) atoms. The van der Waals surface area contributed by atoms with Crippen molar-refractivity contribution in [2.45, 2.75) is 52.8 Å². The molecule has 0 aromatic heterocycles. The topological polar surface area (TPSA) is 92.8 Å². The van der Waals surface area contributed by atoms with E-state index in [4.69, 9.17) is 4.74 Å². The summed E-state index contributed by atoms with van der Waals surface area (Å²) in [5, 5.41) is 2.53. The van der Waals surface area contributed by atoms with Crippen LogP contribution in [-0.2, 0) is 65.0 Å². The van der Waals surface area contributed by atoms with Gasteiger partial charge in [-0.2, -0.15) is 18.2 Å². The molecule has 7 nitrogen and oxygen atoms in total. The second-order valence-electron chi connectivity index (χ2n) is 5.48. The number of nitrogens with one attached hydrogen (secondary N) is 1. The van der Waals surface area contributed by atoms with Gasteiger partial charge in [0.2, 0.25) is 11.8 Å². The van der Waals surface area contributed by atoms with E-state index >= 15 is 0 Å². The monoisotopic (exact) mass is 450 g/mol. The Labute approximate surface area is 185 Å². The van der Waals surface area contributed by atoms with Crippen molar-refractivity contribution in [3.05, 3.63) is 34.9 Å². The van der Waals surface area contributed by atoms with E-state index in [1.54, 1.807) is 12.1 Å². The van der Waals surface area contributed by atoms with Gasteiger partial charge in [0.1, 0.15) is 12.3 Å². The van der Waals surface area contributed by atoms with E-state index in [0.29, 0.717) is 11.1 Å². The van der Waals surface area contributed by atoms with Crippen molar-refractivity contribution in [3.63, 3.8) is 0 Å². The molecule has 0 aliphatic carbocycles. The second-order valence-corrected chi connectivity index (χ2v) is 5.48. The van der Waals surface area contributed by atoms with Crippen LogP contribution < -0.4 is 5.32 Å². The van der Waals surface area contributed by atoms with Gasteiger partial charge < -0.3 is 19.7 Å². The largest absolute Gasteiger partial charge is 0.463 e. The van der Waals surface area contributed by atoms with Crippen molar-refractivity contribution in [1.29, 1.82) is 0 Å². The molecule has 0 fully saturated rings. The average Bonchev–Trinajstić information content (AvgIpc) is 2.98. The summed E-state index contributed by atoms with van der Waals surface area (Å²) in [6, 6.07) is 5.58. The number of benzene rings is 1. The minimum Gasteiger partial charge on any atom is -0.463 e. The normalized spacial score (nSPS) is 12.7. The van der Waals surface area contributed by atoms with Gasteiger partial charge in [-0.1, -0.05) is 19.4 Å². The number of nitrogens with zero attached hydrogens (tertiary/aromatic N) is 1. The molecule has 0 bridgehead atoms. The molecule has 1 unspecified atom stereocenters. The van der Waals surface area contributed by atoms with Gasteiger partial charge in [0.05, 0.1) is 6.61 Å². The maximum atomic E-state index is 12.6. The van der Waals surface area contributed by atoms with Crippen LogP contribution in [0.4, 0.5) is 0 Å². The number of esters is 1. The SMILES string of the molecule is CC.CNC(=O)C(CCC=O)N1Cc2c[c-]c(COC(C)=O)cc2C1=O.[Y]. The first-order valence-electron chi connectivity index (χ1n) is 8.61. The van der Waals surface area contributed by atoms with Crippen LogP contribution in [0.3, 0.4) is 0 Å². The Hall–Kier alpha value is -1.60. The number of amides is 2. The number of hydrogen-bond donors (Lipinski definition) is 1. The molecular formula is C19H25N2O5Y-. The molecule has 1 N–H and O–H groups in total. The Morgan fingerprint density at radius 3 is 2.63 bits per heavy atom. The van der Waals surface area contributed by atoms with Crippen LogP contribution in [0.2, 0.25) is 0 Å². The first-order valence-corrected chi connectivity index (χ1v) is 8.61. The molecule has 0 spiro atoms. The smallest absolute Gasteiger partial charge is 0.302 e. The van der Waals surface area contributed by atoms with Crippen LogP contribution >= 0.6 is 0 Å². The average molecular weight is 450 g/mol. The van der Waals surface area contributed by atoms with Gasteiger partial charge in [-0.15, -0.1) is 11.1 Å². The van der Waals surface area contributed by atoms with Crippen molar-refractivity contribution in [1.82, 2.24) is 10.2 Å². The number of rotatable bonds is 7. The Balaban J connectivity index is 0.00000218. The molecule has 1 aromatic carbocycles. The fourth-order valence-electron chi connectivity index (χ4n) is 2.64. The molecule has 2 rings (SSSR count). The van der Waals surface area contributed by atoms with Crippen LogP contribution in [0, 0.1) is 6.07 Å². The molecule has 145 valence electrons. The number of aldehydes is 1. The third kappa shape index (κ3) is 6.81. The van der Waals surface area contributed by atoms with Crippen LogP contribution in [0.1, 0.15) is 55.1 Å². The van der Waals surface area contributed by atoms with Gasteiger partial charge in [-0.3, -0.25) is 14.4 Å². The molecule has 1 heterocycles. The second kappa shape index (κ2) is 12.7. The summed E-state index contributed by atoms with van der Waals surface area (Å²) in [6.07, 6.45) is 1.20. The van der Waals surface area contributed by atoms with Gasteiger partial charge in [-0.05, 0) is 6.42 Å². The number of carbonyl (C=O) groups is 4. The number of ether oxygens (including phenoxy) is 1. The summed E-state index contributed by atoms with van der Waals surface area (Å²) < 4.78 is 4.91. The summed E-state index contributed by atoms with van der Waals surface area (Å²) in [6.45, 7) is 5.64. The zero-order valence-electron chi connectivity index (χ0n) is 16.2. The van der Waals surface area contributed by atoms with Crippen molar-refractivity contribution in [2.75, 3.05) is 7.05 Å². The molecule has 8 heteroatoms. The molecule has 1 radical (unpaired) electrons. The molecular weight excluding hydrogens is 425 g/mol. The fraction of sp³-hybridized carbons (Fsp3) is 0.474. The third-order valence-corrected chi connectivity index (χ3v) is 3.84. The minimum absolute atomic E-state index is 0. The molecule has 1 aliphatic rings. The van der Waals surface area contributed by atoms with Gasteiger partial charge in [0, 0.05) is 59.6 Å². The zero-order chi connectivity index (χ0) is 19.7. The fourth-order valence-corrected chi connectivity index (χ4v) is 2.64. The maximum absolute atomic E-state index is 12.6. The van der Waals surface area contributed by atoms with Gasteiger partial charge >= 0.3 is 5.97 Å². The molecule has 1 aromatic rings. The van der Waals surface area contributed by atoms with Crippen molar-refractivity contribution in [3.8, 4) is 0 Å². The minimum atomic E-state index is -0.697. The number of carbonyl (C=O) groups excluding carboxylic acids is 4. The Kier molecular flexibility index (Phi) is 12.0. The molecule has 0 saturated heterocycles. The predicted molar refractivity (Wildman–Crippen MR) is 95.1 cm³/mol. The summed E-state index contributed by atoms with van der Waals surface area (Å²) in [7, 11) is 1.49. The van der Waals surface area contributed by atoms with Crippen LogP contribution in [-0.4, -0.2) is 42.1 Å². The predicted octanol–water partition coefficient (Wildman–Crippen LogP) is 1.62. The summed E-state index contributed by atoms with van der Waals surface area (Å²) in [4.78, 5) is 47.7. The summed E-state index contributed by atoms with van der Waals surface area (Å²) in [5.74, 6) is -0.991. The number of likely N-dealkylation sites (N-methyl/N-ethyl adjacent to an activating group) is 1. The Morgan fingerprint density at radius 1 is 1.41 bits per heavy atom. The van der Waals surface area contributed by atoms with E-state index in [0.717, 1.165) is 11.8 Å². The van der Waals surface area contributed by atoms with Crippen LogP contribution in [0.5, 0.6) is 0 Å². The van der Waals surface area contributed by atoms with E-state index in [9.17, 15) is 19.2 Å². The van der Waals surface area contributed by atoms with E-state index in [1.165, 1.54) is 18.9 Å². The van der Waals surface area contributed by atoms with Gasteiger partial charge in [-0.25, -0.2) is 0 Å². The van der Waals surface area contributed by atoms with Crippen LogP contribution in [0.15, 0.2) is 12.1 Å². The van der Waals surface area contributed by atoms with Crippen molar-refractivity contribution in [2.24, 2.45) is 0 Å². The molecule has 2 amide bonds. The molecule has 0 saturated carbocycles. The molecule has 1 aliphatic heterocycles. The third-order valence-electron chi connectivity index (χ3n) is 3.84. The summed E-state index contributed by atoms with van der Waals surface area (Å²) >= 11 is 0. The Bertz CT molecular complexity index is 678. The zero-order valence-corrected chi connectivity index (χ0v) is 19.0. The quantitative estimate of drug-likeness (QED) is 0.387.